The van der Waals surface area contributed by atoms with Gasteiger partial charge in [0.15, 0.2) is 0 Å². The van der Waals surface area contributed by atoms with E-state index in [1.54, 1.807) is 0 Å². The summed E-state index contributed by atoms with van der Waals surface area (Å²) in [6.45, 7) is 6.13. The van der Waals surface area contributed by atoms with Crippen molar-refractivity contribution in [2.75, 3.05) is 26.7 Å². The fourth-order valence-corrected chi connectivity index (χ4v) is 2.61. The summed E-state index contributed by atoms with van der Waals surface area (Å²) in [5, 5.41) is 0. The van der Waals surface area contributed by atoms with Gasteiger partial charge in [0.2, 0.25) is 0 Å². The molecule has 1 aliphatic carbocycles. The molecule has 0 aromatic rings. The van der Waals surface area contributed by atoms with Gasteiger partial charge in [-0.3, -0.25) is 0 Å². The molecule has 2 fully saturated rings. The van der Waals surface area contributed by atoms with Gasteiger partial charge in [-0.2, -0.15) is 0 Å². The molecule has 1 aliphatic heterocycles. The first-order valence-corrected chi connectivity index (χ1v) is 5.47. The van der Waals surface area contributed by atoms with Crippen LogP contribution in [0.4, 0.5) is 0 Å². The average molecular weight is 183 g/mol. The van der Waals surface area contributed by atoms with Crippen LogP contribution in [0.3, 0.4) is 0 Å². The zero-order valence-electron chi connectivity index (χ0n) is 8.88. The highest BCUT2D eigenvalue weighted by Crippen LogP contribution is 2.41. The Hall–Kier alpha value is -0.0800. The highest BCUT2D eigenvalue weighted by atomic mass is 16.5. The number of hydrogen-bond acceptors (Lipinski definition) is 2. The van der Waals surface area contributed by atoms with Crippen molar-refractivity contribution in [1.82, 2.24) is 4.90 Å². The highest BCUT2D eigenvalue weighted by molar-refractivity contribution is 4.88. The minimum atomic E-state index is 0.503. The van der Waals surface area contributed by atoms with E-state index in [0.717, 1.165) is 6.54 Å². The summed E-state index contributed by atoms with van der Waals surface area (Å²) in [4.78, 5) is 2.58. The van der Waals surface area contributed by atoms with Crippen LogP contribution in [0, 0.1) is 5.41 Å². The maximum atomic E-state index is 5.37. The standard InChI is InChI=1S/C11H21NO/c1-11(5-3-6-11)9-12-7-4-10(8-12)13-2/h10H,3-9H2,1-2H3/t10-/m1/s1. The lowest BCUT2D eigenvalue weighted by Crippen LogP contribution is -2.39. The van der Waals surface area contributed by atoms with Gasteiger partial charge >= 0.3 is 0 Å². The predicted octanol–water partition coefficient (Wildman–Crippen LogP) is 1.90. The first-order valence-electron chi connectivity index (χ1n) is 5.47. The Morgan fingerprint density at radius 2 is 2.23 bits per heavy atom. The fourth-order valence-electron chi connectivity index (χ4n) is 2.61. The second-order valence-electron chi connectivity index (χ2n) is 5.05. The van der Waals surface area contributed by atoms with Crippen molar-refractivity contribution in [3.63, 3.8) is 0 Å². The zero-order valence-corrected chi connectivity index (χ0v) is 8.88. The van der Waals surface area contributed by atoms with Gasteiger partial charge in [0.05, 0.1) is 6.10 Å². The topological polar surface area (TPSA) is 12.5 Å². The van der Waals surface area contributed by atoms with Crippen LogP contribution < -0.4 is 0 Å². The van der Waals surface area contributed by atoms with Gasteiger partial charge in [0, 0.05) is 26.7 Å². The van der Waals surface area contributed by atoms with E-state index < -0.39 is 0 Å². The van der Waals surface area contributed by atoms with Crippen molar-refractivity contribution >= 4 is 0 Å². The van der Waals surface area contributed by atoms with E-state index in [9.17, 15) is 0 Å². The molecule has 1 heterocycles. The maximum Gasteiger partial charge on any atom is 0.0710 e. The fraction of sp³-hybridized carbons (Fsp3) is 1.00. The Morgan fingerprint density at radius 3 is 2.69 bits per heavy atom. The van der Waals surface area contributed by atoms with Crippen molar-refractivity contribution in [3.8, 4) is 0 Å². The predicted molar refractivity (Wildman–Crippen MR) is 53.8 cm³/mol. The normalized spacial score (nSPS) is 33.2. The quantitative estimate of drug-likeness (QED) is 0.662. The molecule has 13 heavy (non-hydrogen) atoms. The van der Waals surface area contributed by atoms with Crippen molar-refractivity contribution in [1.29, 1.82) is 0 Å². The molecule has 1 atom stereocenters. The summed E-state index contributed by atoms with van der Waals surface area (Å²) in [5.41, 5.74) is 0.641. The van der Waals surface area contributed by atoms with Gasteiger partial charge in [-0.1, -0.05) is 13.3 Å². The Balaban J connectivity index is 1.77. The molecule has 0 bridgehead atoms. The molecule has 76 valence electrons. The van der Waals surface area contributed by atoms with Crippen LogP contribution >= 0.6 is 0 Å². The smallest absolute Gasteiger partial charge is 0.0710 e. The number of nitrogens with zero attached hydrogens (tertiary/aromatic N) is 1. The van der Waals surface area contributed by atoms with Gasteiger partial charge < -0.3 is 9.64 Å². The van der Waals surface area contributed by atoms with Gasteiger partial charge in [-0.15, -0.1) is 0 Å². The Kier molecular flexibility index (Phi) is 2.61. The van der Waals surface area contributed by atoms with E-state index in [1.165, 1.54) is 38.8 Å². The molecule has 2 heteroatoms. The maximum absolute atomic E-state index is 5.37. The monoisotopic (exact) mass is 183 g/mol. The van der Waals surface area contributed by atoms with E-state index in [1.807, 2.05) is 7.11 Å². The molecule has 0 radical (unpaired) electrons. The van der Waals surface area contributed by atoms with E-state index >= 15 is 0 Å². The molecule has 0 unspecified atom stereocenters. The van der Waals surface area contributed by atoms with Crippen LogP contribution in [0.15, 0.2) is 0 Å². The summed E-state index contributed by atoms with van der Waals surface area (Å²) >= 11 is 0. The second kappa shape index (κ2) is 3.58. The van der Waals surface area contributed by atoms with Crippen molar-refractivity contribution < 1.29 is 4.74 Å². The second-order valence-corrected chi connectivity index (χ2v) is 5.05. The highest BCUT2D eigenvalue weighted by Gasteiger charge is 2.35. The molecule has 0 spiro atoms. The van der Waals surface area contributed by atoms with Gasteiger partial charge in [0.1, 0.15) is 0 Å². The first-order chi connectivity index (χ1) is 6.22. The summed E-state index contributed by atoms with van der Waals surface area (Å²) in [6.07, 6.45) is 6.04. The third-order valence-electron chi connectivity index (χ3n) is 3.73. The number of rotatable bonds is 3. The van der Waals surface area contributed by atoms with Crippen LogP contribution in [-0.4, -0.2) is 37.7 Å². The molecule has 2 rings (SSSR count). The molecular weight excluding hydrogens is 162 g/mol. The number of methoxy groups -OCH3 is 1. The lowest BCUT2D eigenvalue weighted by Gasteiger charge is -2.41. The number of likely N-dealkylation sites (tertiary alicyclic amines) is 1. The zero-order chi connectivity index (χ0) is 9.31. The Morgan fingerprint density at radius 1 is 1.46 bits per heavy atom. The van der Waals surface area contributed by atoms with Crippen molar-refractivity contribution in [3.05, 3.63) is 0 Å². The van der Waals surface area contributed by atoms with Gasteiger partial charge in [0.25, 0.3) is 0 Å². The average Bonchev–Trinajstić information content (AvgIpc) is 2.49. The Labute approximate surface area is 81.3 Å². The van der Waals surface area contributed by atoms with E-state index in [4.69, 9.17) is 4.74 Å². The van der Waals surface area contributed by atoms with E-state index in [0.29, 0.717) is 11.5 Å². The molecule has 0 amide bonds. The lowest BCUT2D eigenvalue weighted by molar-refractivity contribution is 0.0743. The van der Waals surface area contributed by atoms with Crippen LogP contribution in [0.1, 0.15) is 32.6 Å². The summed E-state index contributed by atoms with van der Waals surface area (Å²) in [7, 11) is 1.83. The minimum absolute atomic E-state index is 0.503. The molecule has 1 saturated heterocycles. The molecule has 2 aliphatic rings. The number of ether oxygens (including phenoxy) is 1. The lowest BCUT2D eigenvalue weighted by atomic mass is 9.70. The third kappa shape index (κ3) is 2.05. The van der Waals surface area contributed by atoms with Crippen LogP contribution in [0.2, 0.25) is 0 Å². The van der Waals surface area contributed by atoms with Gasteiger partial charge in [-0.05, 0) is 24.7 Å². The first kappa shape index (κ1) is 9.47. The molecule has 0 N–H and O–H groups in total. The molecular formula is C11H21NO. The molecule has 1 saturated carbocycles. The number of hydrogen-bond donors (Lipinski definition) is 0. The molecule has 0 aromatic carbocycles. The largest absolute Gasteiger partial charge is 0.380 e. The van der Waals surface area contributed by atoms with Crippen molar-refractivity contribution in [2.45, 2.75) is 38.7 Å². The molecule has 0 aromatic heterocycles. The molecule has 2 nitrogen and oxygen atoms in total. The van der Waals surface area contributed by atoms with Crippen LogP contribution in [0.5, 0.6) is 0 Å². The minimum Gasteiger partial charge on any atom is -0.380 e. The van der Waals surface area contributed by atoms with Crippen molar-refractivity contribution in [2.24, 2.45) is 5.41 Å². The van der Waals surface area contributed by atoms with Crippen LogP contribution in [-0.2, 0) is 4.74 Å². The van der Waals surface area contributed by atoms with E-state index in [-0.39, 0.29) is 0 Å². The summed E-state index contributed by atoms with van der Waals surface area (Å²) < 4.78 is 5.37. The van der Waals surface area contributed by atoms with Gasteiger partial charge in [-0.25, -0.2) is 0 Å². The van der Waals surface area contributed by atoms with Crippen LogP contribution in [0.25, 0.3) is 0 Å². The summed E-state index contributed by atoms with van der Waals surface area (Å²) in [5.74, 6) is 0. The third-order valence-corrected chi connectivity index (χ3v) is 3.73. The summed E-state index contributed by atoms with van der Waals surface area (Å²) in [6, 6.07) is 0. The van der Waals surface area contributed by atoms with E-state index in [2.05, 4.69) is 11.8 Å². The SMILES string of the molecule is CO[C@@H]1CCN(CC2(C)CCC2)C1. The Bertz CT molecular complexity index is 177.